The van der Waals surface area contributed by atoms with Crippen LogP contribution in [0.2, 0.25) is 0 Å². The molecular formula is C21H24N2O4. The minimum absolute atomic E-state index is 0.214. The molecule has 0 unspecified atom stereocenters. The predicted octanol–water partition coefficient (Wildman–Crippen LogP) is 2.78. The number of nitrogens with two attached hydrogens (primary N) is 1. The van der Waals surface area contributed by atoms with Crippen molar-refractivity contribution in [3.05, 3.63) is 66.2 Å². The maximum Gasteiger partial charge on any atom is 0.328 e. The summed E-state index contributed by atoms with van der Waals surface area (Å²) in [5, 5.41) is 15.6. The van der Waals surface area contributed by atoms with Crippen molar-refractivity contribution in [2.45, 2.75) is 19.4 Å². The lowest BCUT2D eigenvalue weighted by Crippen LogP contribution is -2.34. The van der Waals surface area contributed by atoms with E-state index in [1.807, 2.05) is 0 Å². The minimum atomic E-state index is -1.26. The number of carbonyl (C=O) groups is 2. The van der Waals surface area contributed by atoms with Crippen LogP contribution in [0.25, 0.3) is 11.1 Å². The van der Waals surface area contributed by atoms with Gasteiger partial charge in [-0.05, 0) is 36.1 Å². The highest BCUT2D eigenvalue weighted by Gasteiger charge is 2.20. The first kappa shape index (κ1) is 20.2. The lowest BCUT2D eigenvalue weighted by molar-refractivity contribution is -0.134. The summed E-state index contributed by atoms with van der Waals surface area (Å²) in [4.78, 5) is 21.5. The average molecular weight is 368 g/mol. The van der Waals surface area contributed by atoms with E-state index in [1.165, 1.54) is 22.4 Å². The van der Waals surface area contributed by atoms with Gasteiger partial charge in [-0.15, -0.1) is 0 Å². The Labute approximate surface area is 158 Å². The number of nitrogens with zero attached hydrogens (tertiary/aromatic N) is 1. The van der Waals surface area contributed by atoms with E-state index in [0.717, 1.165) is 19.5 Å². The Balaban J connectivity index is 0.000000279. The van der Waals surface area contributed by atoms with E-state index >= 15 is 0 Å². The van der Waals surface area contributed by atoms with Crippen molar-refractivity contribution in [1.82, 2.24) is 0 Å². The second-order valence-electron chi connectivity index (χ2n) is 6.39. The molecule has 6 heteroatoms. The third kappa shape index (κ3) is 6.27. The maximum absolute atomic E-state index is 9.55. The molecule has 2 aromatic carbocycles. The molecule has 0 aliphatic carbocycles. The molecule has 4 N–H and O–H groups in total. The molecule has 1 heterocycles. The summed E-state index contributed by atoms with van der Waals surface area (Å²) in [7, 11) is 0. The molecule has 1 aliphatic heterocycles. The van der Waals surface area contributed by atoms with Crippen molar-refractivity contribution >= 4 is 17.6 Å². The predicted molar refractivity (Wildman–Crippen MR) is 106 cm³/mol. The van der Waals surface area contributed by atoms with Crippen LogP contribution in [0.3, 0.4) is 0 Å². The van der Waals surface area contributed by atoms with E-state index < -0.39 is 11.9 Å². The number of hydrogen-bond donors (Lipinski definition) is 3. The standard InChI is InChI=1S/C17H20N2.C4H4O4/c1-13(18)12-19-10-9-15-7-8-16(11-17(15)19)14-5-3-2-4-6-14;5-3(6)1-2-4(7)8/h2-8,11,13H,9-10,12,18H2,1H3;1-2H,(H,5,6)(H,7,8)/b;2-1+/t13-;/m0./s1. The summed E-state index contributed by atoms with van der Waals surface area (Å²) in [5.41, 5.74) is 11.3. The highest BCUT2D eigenvalue weighted by Crippen LogP contribution is 2.32. The Kier molecular flexibility index (Phi) is 7.14. The smallest absolute Gasteiger partial charge is 0.328 e. The zero-order valence-electron chi connectivity index (χ0n) is 15.2. The molecule has 142 valence electrons. The van der Waals surface area contributed by atoms with Crippen molar-refractivity contribution in [3.63, 3.8) is 0 Å². The zero-order valence-corrected chi connectivity index (χ0v) is 15.2. The number of carboxylic acid groups (broad SMARTS) is 2. The summed E-state index contributed by atoms with van der Waals surface area (Å²) in [6.07, 6.45) is 2.25. The molecule has 27 heavy (non-hydrogen) atoms. The topological polar surface area (TPSA) is 104 Å². The first-order valence-electron chi connectivity index (χ1n) is 8.69. The number of carboxylic acids is 2. The van der Waals surface area contributed by atoms with E-state index in [-0.39, 0.29) is 6.04 Å². The average Bonchev–Trinajstić information content (AvgIpc) is 3.03. The highest BCUT2D eigenvalue weighted by molar-refractivity contribution is 5.89. The second-order valence-corrected chi connectivity index (χ2v) is 6.39. The van der Waals surface area contributed by atoms with Gasteiger partial charge in [0.2, 0.25) is 0 Å². The van der Waals surface area contributed by atoms with Gasteiger partial charge in [-0.25, -0.2) is 9.59 Å². The fraction of sp³-hybridized carbons (Fsp3) is 0.238. The summed E-state index contributed by atoms with van der Waals surface area (Å²) >= 11 is 0. The second kappa shape index (κ2) is 9.54. The maximum atomic E-state index is 9.55. The summed E-state index contributed by atoms with van der Waals surface area (Å²) in [6, 6.07) is 17.6. The number of anilines is 1. The van der Waals surface area contributed by atoms with Crippen LogP contribution in [-0.2, 0) is 16.0 Å². The third-order valence-corrected chi connectivity index (χ3v) is 4.06. The lowest BCUT2D eigenvalue weighted by Gasteiger charge is -2.22. The third-order valence-electron chi connectivity index (χ3n) is 4.06. The van der Waals surface area contributed by atoms with Crippen molar-refractivity contribution in [2.24, 2.45) is 5.73 Å². The Hall–Kier alpha value is -3.12. The Morgan fingerprint density at radius 3 is 2.26 bits per heavy atom. The fourth-order valence-corrected chi connectivity index (χ4v) is 2.94. The first-order chi connectivity index (χ1) is 12.9. The van der Waals surface area contributed by atoms with E-state index in [9.17, 15) is 9.59 Å². The molecular weight excluding hydrogens is 344 g/mol. The van der Waals surface area contributed by atoms with Crippen LogP contribution in [-0.4, -0.2) is 41.3 Å². The highest BCUT2D eigenvalue weighted by atomic mass is 16.4. The molecule has 3 rings (SSSR count). The van der Waals surface area contributed by atoms with Gasteiger partial charge >= 0.3 is 11.9 Å². The van der Waals surface area contributed by atoms with Gasteiger partial charge in [0, 0.05) is 37.0 Å². The molecule has 0 amide bonds. The molecule has 0 saturated carbocycles. The first-order valence-corrected chi connectivity index (χ1v) is 8.69. The normalized spacial score (nSPS) is 13.6. The van der Waals surface area contributed by atoms with Crippen molar-refractivity contribution < 1.29 is 19.8 Å². The molecule has 0 radical (unpaired) electrons. The number of fused-ring (bicyclic) bond motifs is 1. The monoisotopic (exact) mass is 368 g/mol. The molecule has 1 aliphatic rings. The molecule has 0 saturated heterocycles. The Morgan fingerprint density at radius 2 is 1.70 bits per heavy atom. The van der Waals surface area contributed by atoms with E-state index in [2.05, 4.69) is 60.4 Å². The van der Waals surface area contributed by atoms with E-state index in [0.29, 0.717) is 12.2 Å². The number of benzene rings is 2. The van der Waals surface area contributed by atoms with E-state index in [1.54, 1.807) is 0 Å². The van der Waals surface area contributed by atoms with Crippen LogP contribution in [0.15, 0.2) is 60.7 Å². The van der Waals surface area contributed by atoms with E-state index in [4.69, 9.17) is 15.9 Å². The van der Waals surface area contributed by atoms with Crippen LogP contribution in [0, 0.1) is 0 Å². The number of rotatable bonds is 5. The van der Waals surface area contributed by atoms with Crippen LogP contribution in [0.4, 0.5) is 5.69 Å². The van der Waals surface area contributed by atoms with Crippen LogP contribution in [0.1, 0.15) is 12.5 Å². The van der Waals surface area contributed by atoms with Gasteiger partial charge in [0.1, 0.15) is 0 Å². The van der Waals surface area contributed by atoms with Gasteiger partial charge in [-0.2, -0.15) is 0 Å². The molecule has 2 aromatic rings. The number of aliphatic carboxylic acids is 2. The molecule has 0 spiro atoms. The Bertz CT molecular complexity index is 800. The summed E-state index contributed by atoms with van der Waals surface area (Å²) < 4.78 is 0. The van der Waals surface area contributed by atoms with Gasteiger partial charge in [-0.3, -0.25) is 0 Å². The van der Waals surface area contributed by atoms with Gasteiger partial charge in [0.15, 0.2) is 0 Å². The molecule has 6 nitrogen and oxygen atoms in total. The van der Waals surface area contributed by atoms with Crippen molar-refractivity contribution in [2.75, 3.05) is 18.0 Å². The van der Waals surface area contributed by atoms with Gasteiger partial charge in [-0.1, -0.05) is 42.5 Å². The zero-order chi connectivity index (χ0) is 19.8. The van der Waals surface area contributed by atoms with Gasteiger partial charge < -0.3 is 20.8 Å². The molecule has 0 aromatic heterocycles. The largest absolute Gasteiger partial charge is 0.478 e. The fourth-order valence-electron chi connectivity index (χ4n) is 2.94. The Morgan fingerprint density at radius 1 is 1.07 bits per heavy atom. The molecule has 0 fully saturated rings. The van der Waals surface area contributed by atoms with Crippen molar-refractivity contribution in [1.29, 1.82) is 0 Å². The van der Waals surface area contributed by atoms with Gasteiger partial charge in [0.05, 0.1) is 0 Å². The summed E-state index contributed by atoms with van der Waals surface area (Å²) in [6.45, 7) is 4.10. The van der Waals surface area contributed by atoms with Crippen LogP contribution >= 0.6 is 0 Å². The summed E-state index contributed by atoms with van der Waals surface area (Å²) in [5.74, 6) is -2.51. The van der Waals surface area contributed by atoms with Crippen LogP contribution in [0.5, 0.6) is 0 Å². The molecule has 0 bridgehead atoms. The SMILES string of the molecule is C[C@H](N)CN1CCc2ccc(-c3ccccc3)cc21.O=C(O)/C=C/C(=O)O. The minimum Gasteiger partial charge on any atom is -0.478 e. The quantitative estimate of drug-likeness (QED) is 0.701. The lowest BCUT2D eigenvalue weighted by atomic mass is 10.0. The molecule has 1 atom stereocenters. The van der Waals surface area contributed by atoms with Crippen LogP contribution < -0.4 is 10.6 Å². The van der Waals surface area contributed by atoms with Crippen molar-refractivity contribution in [3.8, 4) is 11.1 Å². The number of hydrogen-bond acceptors (Lipinski definition) is 4. The van der Waals surface area contributed by atoms with Gasteiger partial charge in [0.25, 0.3) is 0 Å².